The highest BCUT2D eigenvalue weighted by molar-refractivity contribution is 5.93. The molecular weight excluding hydrogens is 220 g/mol. The zero-order valence-corrected chi connectivity index (χ0v) is 9.97. The molecule has 0 saturated carbocycles. The number of carbonyl (C=O) groups is 1. The number of hydrogen-bond acceptors (Lipinski definition) is 3. The molecule has 1 saturated heterocycles. The summed E-state index contributed by atoms with van der Waals surface area (Å²) in [7, 11) is 0. The van der Waals surface area contributed by atoms with Gasteiger partial charge in [-0.15, -0.1) is 0 Å². The number of hydrogen-bond donors (Lipinski definition) is 1. The molecule has 0 bridgehead atoms. The first-order valence-electron chi connectivity index (χ1n) is 5.69. The van der Waals surface area contributed by atoms with Crippen LogP contribution in [0.1, 0.15) is 24.2 Å². The van der Waals surface area contributed by atoms with Gasteiger partial charge in [-0.1, -0.05) is 0 Å². The van der Waals surface area contributed by atoms with Gasteiger partial charge in [0, 0.05) is 31.5 Å². The first-order valence-corrected chi connectivity index (χ1v) is 5.69. The van der Waals surface area contributed by atoms with Gasteiger partial charge in [-0.05, 0) is 13.8 Å². The average Bonchev–Trinajstić information content (AvgIpc) is 2.27. The molecule has 2 rings (SSSR count). The highest BCUT2D eigenvalue weighted by Gasteiger charge is 2.27. The predicted molar refractivity (Wildman–Crippen MR) is 63.0 cm³/mol. The number of rotatable bonds is 1. The molecule has 0 spiro atoms. The minimum absolute atomic E-state index is 0.00509. The predicted octanol–water partition coefficient (Wildman–Crippen LogP) is 0.624. The van der Waals surface area contributed by atoms with Crippen molar-refractivity contribution in [1.29, 1.82) is 0 Å². The number of morpholine rings is 1. The Hall–Kier alpha value is -1.62. The van der Waals surface area contributed by atoms with Gasteiger partial charge in [0.15, 0.2) is 5.43 Å². The zero-order chi connectivity index (χ0) is 12.4. The SMILES string of the molecule is CC1CN(C(=O)c2c[nH]ccc2=O)CC(C)O1. The summed E-state index contributed by atoms with van der Waals surface area (Å²) in [6.07, 6.45) is 2.98. The summed E-state index contributed by atoms with van der Waals surface area (Å²) in [5, 5.41) is 0. The van der Waals surface area contributed by atoms with Crippen LogP contribution in [-0.2, 0) is 4.74 Å². The van der Waals surface area contributed by atoms with Crippen LogP contribution < -0.4 is 5.43 Å². The number of aromatic amines is 1. The fourth-order valence-corrected chi connectivity index (χ4v) is 2.10. The molecule has 0 radical (unpaired) electrons. The van der Waals surface area contributed by atoms with Crippen molar-refractivity contribution in [3.8, 4) is 0 Å². The molecule has 1 fully saturated rings. The van der Waals surface area contributed by atoms with Crippen molar-refractivity contribution in [3.05, 3.63) is 34.2 Å². The number of ether oxygens (including phenoxy) is 1. The number of pyridine rings is 1. The number of nitrogens with zero attached hydrogens (tertiary/aromatic N) is 1. The van der Waals surface area contributed by atoms with E-state index >= 15 is 0 Å². The zero-order valence-electron chi connectivity index (χ0n) is 9.97. The van der Waals surface area contributed by atoms with E-state index in [4.69, 9.17) is 4.74 Å². The van der Waals surface area contributed by atoms with E-state index in [9.17, 15) is 9.59 Å². The molecule has 1 amide bonds. The number of carbonyl (C=O) groups excluding carboxylic acids is 1. The standard InChI is InChI=1S/C12H16N2O3/c1-8-6-14(7-9(2)17-8)12(16)10-5-13-4-3-11(10)15/h3-5,8-9H,6-7H2,1-2H3,(H,13,15). The van der Waals surface area contributed by atoms with Crippen LogP contribution in [0.2, 0.25) is 0 Å². The Morgan fingerprint density at radius 1 is 1.41 bits per heavy atom. The molecule has 0 aromatic carbocycles. The van der Waals surface area contributed by atoms with E-state index in [-0.39, 0.29) is 29.1 Å². The molecule has 2 heterocycles. The molecule has 1 aliphatic rings. The molecule has 5 heteroatoms. The summed E-state index contributed by atoms with van der Waals surface area (Å²) in [5.74, 6) is -0.228. The third-order valence-corrected chi connectivity index (χ3v) is 2.76. The molecule has 1 aliphatic heterocycles. The molecule has 1 N–H and O–H groups in total. The lowest BCUT2D eigenvalue weighted by Crippen LogP contribution is -2.49. The molecule has 92 valence electrons. The summed E-state index contributed by atoms with van der Waals surface area (Å²) in [5.41, 5.74) is -0.0608. The van der Waals surface area contributed by atoms with Gasteiger partial charge in [0.2, 0.25) is 0 Å². The van der Waals surface area contributed by atoms with E-state index in [2.05, 4.69) is 4.98 Å². The molecule has 2 atom stereocenters. The van der Waals surface area contributed by atoms with Crippen molar-refractivity contribution >= 4 is 5.91 Å². The maximum Gasteiger partial charge on any atom is 0.259 e. The van der Waals surface area contributed by atoms with Gasteiger partial charge in [0.1, 0.15) is 5.56 Å². The van der Waals surface area contributed by atoms with Gasteiger partial charge in [-0.2, -0.15) is 0 Å². The van der Waals surface area contributed by atoms with Crippen LogP contribution in [0, 0.1) is 0 Å². The fourth-order valence-electron chi connectivity index (χ4n) is 2.10. The van der Waals surface area contributed by atoms with E-state index in [1.807, 2.05) is 13.8 Å². The molecule has 1 aromatic heterocycles. The fraction of sp³-hybridized carbons (Fsp3) is 0.500. The van der Waals surface area contributed by atoms with Crippen LogP contribution in [0.3, 0.4) is 0 Å². The summed E-state index contributed by atoms with van der Waals surface area (Å²) < 4.78 is 5.55. The summed E-state index contributed by atoms with van der Waals surface area (Å²) >= 11 is 0. The quantitative estimate of drug-likeness (QED) is 0.777. The first kappa shape index (κ1) is 11.9. The summed E-state index contributed by atoms with van der Waals surface area (Å²) in [4.78, 5) is 28.2. The Balaban J connectivity index is 2.20. The minimum Gasteiger partial charge on any atom is -0.372 e. The van der Waals surface area contributed by atoms with Crippen LogP contribution in [0.5, 0.6) is 0 Å². The van der Waals surface area contributed by atoms with Crippen LogP contribution in [-0.4, -0.2) is 41.1 Å². The first-order chi connectivity index (χ1) is 8.08. The van der Waals surface area contributed by atoms with Crippen molar-refractivity contribution in [1.82, 2.24) is 9.88 Å². The third-order valence-electron chi connectivity index (χ3n) is 2.76. The van der Waals surface area contributed by atoms with Crippen molar-refractivity contribution in [2.75, 3.05) is 13.1 Å². The maximum atomic E-state index is 12.2. The van der Waals surface area contributed by atoms with Crippen molar-refractivity contribution in [3.63, 3.8) is 0 Å². The van der Waals surface area contributed by atoms with Gasteiger partial charge in [-0.25, -0.2) is 0 Å². The monoisotopic (exact) mass is 236 g/mol. The van der Waals surface area contributed by atoms with Crippen LogP contribution in [0.15, 0.2) is 23.3 Å². The normalized spacial score (nSPS) is 24.7. The molecule has 2 unspecified atom stereocenters. The van der Waals surface area contributed by atoms with Gasteiger partial charge < -0.3 is 14.6 Å². The largest absolute Gasteiger partial charge is 0.372 e. The second-order valence-electron chi connectivity index (χ2n) is 4.39. The van der Waals surface area contributed by atoms with Crippen LogP contribution in [0.4, 0.5) is 0 Å². The Bertz CT molecular complexity index is 459. The van der Waals surface area contributed by atoms with Gasteiger partial charge in [0.05, 0.1) is 12.2 Å². The highest BCUT2D eigenvalue weighted by atomic mass is 16.5. The number of H-pyrrole nitrogens is 1. The lowest BCUT2D eigenvalue weighted by molar-refractivity contribution is -0.0586. The van der Waals surface area contributed by atoms with Crippen LogP contribution in [0.25, 0.3) is 0 Å². The molecule has 1 aromatic rings. The number of amides is 1. The number of aromatic nitrogens is 1. The molecule has 17 heavy (non-hydrogen) atoms. The van der Waals surface area contributed by atoms with E-state index in [1.165, 1.54) is 18.5 Å². The summed E-state index contributed by atoms with van der Waals surface area (Å²) in [6.45, 7) is 4.89. The van der Waals surface area contributed by atoms with E-state index in [1.54, 1.807) is 4.90 Å². The van der Waals surface area contributed by atoms with Crippen molar-refractivity contribution in [2.45, 2.75) is 26.1 Å². The highest BCUT2D eigenvalue weighted by Crippen LogP contribution is 2.12. The Labute approximate surface area is 99.4 Å². The minimum atomic E-state index is -0.249. The van der Waals surface area contributed by atoms with Gasteiger partial charge in [0.25, 0.3) is 5.91 Å². The topological polar surface area (TPSA) is 62.4 Å². The van der Waals surface area contributed by atoms with Crippen molar-refractivity contribution in [2.24, 2.45) is 0 Å². The average molecular weight is 236 g/mol. The van der Waals surface area contributed by atoms with Crippen LogP contribution >= 0.6 is 0 Å². The lowest BCUT2D eigenvalue weighted by Gasteiger charge is -2.35. The lowest BCUT2D eigenvalue weighted by atomic mass is 10.2. The third kappa shape index (κ3) is 2.55. The van der Waals surface area contributed by atoms with Crippen molar-refractivity contribution < 1.29 is 9.53 Å². The second-order valence-corrected chi connectivity index (χ2v) is 4.39. The second kappa shape index (κ2) is 4.71. The summed E-state index contributed by atoms with van der Waals surface area (Å²) in [6, 6.07) is 1.36. The Morgan fingerprint density at radius 2 is 2.06 bits per heavy atom. The maximum absolute atomic E-state index is 12.2. The van der Waals surface area contributed by atoms with E-state index in [0.29, 0.717) is 13.1 Å². The Morgan fingerprint density at radius 3 is 2.65 bits per heavy atom. The van der Waals surface area contributed by atoms with Gasteiger partial charge in [-0.3, -0.25) is 9.59 Å². The number of nitrogens with one attached hydrogen (secondary N) is 1. The smallest absolute Gasteiger partial charge is 0.259 e. The molecule has 5 nitrogen and oxygen atoms in total. The molecular formula is C12H16N2O3. The van der Waals surface area contributed by atoms with Gasteiger partial charge >= 0.3 is 0 Å². The molecule has 0 aliphatic carbocycles. The van der Waals surface area contributed by atoms with E-state index in [0.717, 1.165) is 0 Å². The Kier molecular flexibility index (Phi) is 3.28. The van der Waals surface area contributed by atoms with E-state index < -0.39 is 0 Å².